The molecule has 3 nitrogen and oxygen atoms in total. The lowest BCUT2D eigenvalue weighted by molar-refractivity contribution is 0.223. The van der Waals surface area contributed by atoms with Gasteiger partial charge in [0, 0.05) is 51.6 Å². The Bertz CT molecular complexity index is 4920. The molecule has 3 unspecified atom stereocenters. The molecule has 2 heterocycles. The van der Waals surface area contributed by atoms with Crippen molar-refractivity contribution in [2.45, 2.75) is 30.8 Å². The Labute approximate surface area is 400 Å². The molecule has 0 bridgehead atoms. The Morgan fingerprint density at radius 2 is 1.14 bits per heavy atom. The van der Waals surface area contributed by atoms with E-state index in [2.05, 4.69) is 192 Å². The number of H-pyrrole nitrogens is 2. The van der Waals surface area contributed by atoms with E-state index in [4.69, 9.17) is 0 Å². The third kappa shape index (κ3) is 4.34. The number of nitrogens with one attached hydrogen (secondary N) is 2. The van der Waals surface area contributed by atoms with Gasteiger partial charge in [0.15, 0.2) is 0 Å². The van der Waals surface area contributed by atoms with Gasteiger partial charge in [0.1, 0.15) is 6.10 Å². The molecule has 0 aliphatic heterocycles. The summed E-state index contributed by atoms with van der Waals surface area (Å²) >= 11 is 0. The summed E-state index contributed by atoms with van der Waals surface area (Å²) in [6.07, 6.45) is 16.9. The number of rotatable bonds is 6. The van der Waals surface area contributed by atoms with Crippen LogP contribution in [0.4, 0.5) is 0 Å². The topological polar surface area (TPSA) is 51.8 Å². The first-order valence-electron chi connectivity index (χ1n) is 24.9. The van der Waals surface area contributed by atoms with E-state index < -0.39 is 6.10 Å². The molecule has 18 rings (SSSR count). The molecular formula is C67H40N2O. The lowest BCUT2D eigenvalue weighted by Gasteiger charge is -2.37. The normalized spacial score (nSPS) is 16.9. The number of aromatic nitrogens is 2. The van der Waals surface area contributed by atoms with E-state index in [1.807, 2.05) is 0 Å². The molecule has 3 heteroatoms. The van der Waals surface area contributed by atoms with Crippen LogP contribution in [0, 0.1) is 0 Å². The monoisotopic (exact) mass is 888 g/mol. The van der Waals surface area contributed by atoms with Crippen LogP contribution in [0.25, 0.3) is 126 Å². The summed E-state index contributed by atoms with van der Waals surface area (Å²) in [5.74, 6) is 0.192. The van der Waals surface area contributed by atoms with Crippen molar-refractivity contribution < 1.29 is 5.11 Å². The van der Waals surface area contributed by atoms with Crippen LogP contribution in [0.2, 0.25) is 0 Å². The largest absolute Gasteiger partial charge is 0.384 e. The van der Waals surface area contributed by atoms with E-state index in [9.17, 15) is 5.11 Å². The van der Waals surface area contributed by atoms with E-state index >= 15 is 0 Å². The van der Waals surface area contributed by atoms with Gasteiger partial charge in [0.25, 0.3) is 0 Å². The van der Waals surface area contributed by atoms with Crippen molar-refractivity contribution in [3.05, 3.63) is 231 Å². The summed E-state index contributed by atoms with van der Waals surface area (Å²) in [6, 6.07) is 52.8. The van der Waals surface area contributed by atoms with Crippen LogP contribution < -0.4 is 10.4 Å². The maximum atomic E-state index is 13.2. The van der Waals surface area contributed by atoms with Crippen molar-refractivity contribution in [3.63, 3.8) is 0 Å². The average molecular weight is 889 g/mol. The van der Waals surface area contributed by atoms with Gasteiger partial charge in [0.2, 0.25) is 0 Å². The van der Waals surface area contributed by atoms with Gasteiger partial charge >= 0.3 is 0 Å². The predicted molar refractivity (Wildman–Crippen MR) is 292 cm³/mol. The van der Waals surface area contributed by atoms with Crippen LogP contribution >= 0.6 is 0 Å². The molecule has 0 spiro atoms. The Kier molecular flexibility index (Phi) is 6.56. The zero-order chi connectivity index (χ0) is 45.2. The third-order valence-corrected chi connectivity index (χ3v) is 17.7. The molecule has 4 aliphatic carbocycles. The summed E-state index contributed by atoms with van der Waals surface area (Å²) in [5, 5.41) is 39.3. The first kappa shape index (κ1) is 36.5. The van der Waals surface area contributed by atoms with Crippen LogP contribution in [-0.4, -0.2) is 15.1 Å². The van der Waals surface area contributed by atoms with Crippen molar-refractivity contribution in [1.82, 2.24) is 9.97 Å². The van der Waals surface area contributed by atoms with Crippen molar-refractivity contribution in [2.24, 2.45) is 0 Å². The number of hydrogen-bond donors (Lipinski definition) is 3. The highest BCUT2D eigenvalue weighted by Gasteiger charge is 2.37. The molecule has 3 atom stereocenters. The van der Waals surface area contributed by atoms with Gasteiger partial charge in [-0.3, -0.25) is 0 Å². The van der Waals surface area contributed by atoms with Crippen molar-refractivity contribution in [1.29, 1.82) is 0 Å². The second-order valence-electron chi connectivity index (χ2n) is 20.8. The maximum absolute atomic E-state index is 13.2. The third-order valence-electron chi connectivity index (χ3n) is 17.7. The fraction of sp³-hybridized carbons (Fsp3) is 0.0746. The summed E-state index contributed by atoms with van der Waals surface area (Å²) in [7, 11) is 0. The van der Waals surface area contributed by atoms with Gasteiger partial charge < -0.3 is 15.1 Å². The first-order chi connectivity index (χ1) is 34.6. The van der Waals surface area contributed by atoms with E-state index in [1.165, 1.54) is 141 Å². The lowest BCUT2D eigenvalue weighted by Crippen LogP contribution is -2.37. The van der Waals surface area contributed by atoms with Gasteiger partial charge in [-0.05, 0) is 184 Å². The first-order valence-corrected chi connectivity index (χ1v) is 24.9. The predicted octanol–water partition coefficient (Wildman–Crippen LogP) is 15.0. The minimum absolute atomic E-state index is 0.0181. The van der Waals surface area contributed by atoms with Crippen LogP contribution in [0.15, 0.2) is 181 Å². The number of benzene rings is 12. The molecular weight excluding hydrogens is 849 g/mol. The summed E-state index contributed by atoms with van der Waals surface area (Å²) in [6.45, 7) is 0. The van der Waals surface area contributed by atoms with Gasteiger partial charge in [-0.1, -0.05) is 146 Å². The summed E-state index contributed by atoms with van der Waals surface area (Å²) in [4.78, 5) is 7.35. The van der Waals surface area contributed by atoms with Crippen LogP contribution in [0.5, 0.6) is 0 Å². The van der Waals surface area contributed by atoms with E-state index in [-0.39, 0.29) is 11.8 Å². The Balaban J connectivity index is 0.878. The smallest absolute Gasteiger partial charge is 0.107 e. The maximum Gasteiger partial charge on any atom is 0.107 e. The van der Waals surface area contributed by atoms with Gasteiger partial charge in [-0.15, -0.1) is 0 Å². The number of aliphatic hydroxyl groups is 1. The fourth-order valence-corrected chi connectivity index (χ4v) is 14.8. The molecule has 0 amide bonds. The number of fused-ring (bicyclic) bond motifs is 2. The lowest BCUT2D eigenvalue weighted by atomic mass is 9.66. The number of allylic oxidation sites excluding steroid dienone is 5. The zero-order valence-electron chi connectivity index (χ0n) is 37.9. The second kappa shape index (κ2) is 12.6. The van der Waals surface area contributed by atoms with Crippen molar-refractivity contribution in [3.8, 4) is 0 Å². The van der Waals surface area contributed by atoms with Crippen molar-refractivity contribution >= 4 is 126 Å². The number of aromatic amines is 2. The highest BCUT2D eigenvalue weighted by molar-refractivity contribution is 6.44. The summed E-state index contributed by atoms with van der Waals surface area (Å²) in [5.41, 5.74) is 14.8. The van der Waals surface area contributed by atoms with Crippen LogP contribution in [-0.2, 0) is 6.42 Å². The number of para-hydroxylation sites is 1. The van der Waals surface area contributed by atoms with Crippen molar-refractivity contribution in [2.75, 3.05) is 0 Å². The molecule has 324 valence electrons. The zero-order valence-corrected chi connectivity index (χ0v) is 37.9. The molecule has 3 N–H and O–H groups in total. The Morgan fingerprint density at radius 1 is 0.500 bits per heavy atom. The minimum Gasteiger partial charge on any atom is -0.384 e. The van der Waals surface area contributed by atoms with Crippen LogP contribution in [0.3, 0.4) is 0 Å². The highest BCUT2D eigenvalue weighted by Crippen LogP contribution is 2.54. The average Bonchev–Trinajstić information content (AvgIpc) is 4.06. The van der Waals surface area contributed by atoms with Gasteiger partial charge in [-0.2, -0.15) is 0 Å². The molecule has 70 heavy (non-hydrogen) atoms. The molecule has 0 fully saturated rings. The van der Waals surface area contributed by atoms with E-state index in [0.29, 0.717) is 0 Å². The highest BCUT2D eigenvalue weighted by atomic mass is 16.3. The quantitative estimate of drug-likeness (QED) is 0.113. The van der Waals surface area contributed by atoms with E-state index in [1.54, 1.807) is 0 Å². The number of hydrogen-bond acceptors (Lipinski definition) is 1. The number of aliphatic hydroxyl groups excluding tert-OH is 1. The molecule has 0 saturated carbocycles. The summed E-state index contributed by atoms with van der Waals surface area (Å²) < 4.78 is 0. The standard InChI is InChI=1S/C67H40N2O/c70-67(49-30-43-23-21-38-15-11-34-9-13-36-17-19-40-25-27-46(49)66-62(40)58(36)56(34)60(38)64(43)66)51-32-69-53-7-3-4-41(54(51)53)28-48(50-31-68-52-6-2-1-5-44(50)52)47-29-42-22-20-37-14-10-33-8-12-35-16-18-39-24-26-45(47)65-61(39)57(35)55(33)59(37)63(42)65/h1-10,12-27,29-32,48,58,67-70H,11,28H2. The van der Waals surface area contributed by atoms with E-state index in [0.717, 1.165) is 45.8 Å². The molecule has 14 aromatic rings. The SMILES string of the molecule is OC(c1cc2ccc3c4c2c2c5c(ccc12)C=CC1=CC=C(CC=3)C=4C15)c1c[nH]c2cccc(CC(c3c[nH]c4ccccc34)c3cc4ccc5ccc6ccc7ccc8ccc3c3c8c7c6c5c43)c12. The molecule has 0 saturated heterocycles. The molecule has 4 aliphatic rings. The fourth-order valence-electron chi connectivity index (χ4n) is 14.8. The Hall–Kier alpha value is -8.50. The minimum atomic E-state index is -0.869. The molecule has 12 aromatic carbocycles. The van der Waals surface area contributed by atoms with Gasteiger partial charge in [-0.25, -0.2) is 0 Å². The second-order valence-corrected chi connectivity index (χ2v) is 20.8. The van der Waals surface area contributed by atoms with Crippen LogP contribution in [0.1, 0.15) is 63.3 Å². The molecule has 2 aromatic heterocycles. The van der Waals surface area contributed by atoms with Gasteiger partial charge in [0.05, 0.1) is 0 Å². The molecule has 0 radical (unpaired) electrons. The Morgan fingerprint density at radius 3 is 1.97 bits per heavy atom.